The maximum atomic E-state index is 9.70. The lowest BCUT2D eigenvalue weighted by molar-refractivity contribution is 0.669. The monoisotopic (exact) mass is 611 g/mol. The Balaban J connectivity index is 1.30. The van der Waals surface area contributed by atoms with Crippen LogP contribution in [0.1, 0.15) is 11.1 Å². The Kier molecular flexibility index (Phi) is 6.22. The average Bonchev–Trinajstić information content (AvgIpc) is 3.69. The topological polar surface area (TPSA) is 65.7 Å². The Morgan fingerprint density at radius 1 is 0.396 bits per heavy atom. The molecule has 0 amide bonds. The highest BCUT2D eigenvalue weighted by atomic mass is 16.3. The maximum Gasteiger partial charge on any atom is 0.135 e. The van der Waals surface area contributed by atoms with Gasteiger partial charge in [0.15, 0.2) is 0 Å². The molecular weight excluding hydrogens is 587 g/mol. The van der Waals surface area contributed by atoms with Gasteiger partial charge < -0.3 is 8.98 Å². The standard InChI is InChI=1S/C44H25N3O/c45-26-28-7-5-8-30(19-28)31-9-6-10-32(21-31)34-22-35(33-16-18-44-40(25-33)38-12-2-4-14-43(38)48-44)24-36(23-34)47-41-13-3-1-11-37(41)39-20-29(27-46)15-17-42(39)47/h1-25H. The van der Waals surface area contributed by atoms with Crippen molar-refractivity contribution in [2.75, 3.05) is 0 Å². The first-order valence-electron chi connectivity index (χ1n) is 15.8. The fourth-order valence-electron chi connectivity index (χ4n) is 6.95. The molecular formula is C44H25N3O. The number of fused-ring (bicyclic) bond motifs is 6. The van der Waals surface area contributed by atoms with Gasteiger partial charge in [-0.2, -0.15) is 10.5 Å². The summed E-state index contributed by atoms with van der Waals surface area (Å²) in [5.41, 5.74) is 12.5. The second kappa shape index (κ2) is 10.9. The molecule has 0 radical (unpaired) electrons. The van der Waals surface area contributed by atoms with E-state index in [0.717, 1.165) is 82.8 Å². The molecule has 9 aromatic rings. The smallest absolute Gasteiger partial charge is 0.135 e. The van der Waals surface area contributed by atoms with E-state index in [0.29, 0.717) is 11.1 Å². The van der Waals surface area contributed by atoms with E-state index in [1.807, 2.05) is 66.7 Å². The number of benzene rings is 7. The number of hydrogen-bond donors (Lipinski definition) is 0. The van der Waals surface area contributed by atoms with Gasteiger partial charge in [0.05, 0.1) is 34.3 Å². The Morgan fingerprint density at radius 2 is 1.00 bits per heavy atom. The SMILES string of the molecule is N#Cc1cccc(-c2cccc(-c3cc(-c4ccc5oc6ccccc6c5c4)cc(-n4c5ccccc5c5cc(C#N)ccc54)c3)c2)c1. The quantitative estimate of drug-likeness (QED) is 0.199. The maximum absolute atomic E-state index is 9.70. The number of hydrogen-bond acceptors (Lipinski definition) is 3. The van der Waals surface area contributed by atoms with Crippen LogP contribution in [0.15, 0.2) is 156 Å². The molecule has 0 unspecified atom stereocenters. The van der Waals surface area contributed by atoms with E-state index in [2.05, 4.69) is 102 Å². The summed E-state index contributed by atoms with van der Waals surface area (Å²) in [5.74, 6) is 0. The zero-order chi connectivity index (χ0) is 32.2. The van der Waals surface area contributed by atoms with Gasteiger partial charge >= 0.3 is 0 Å². The summed E-state index contributed by atoms with van der Waals surface area (Å²) in [5, 5.41) is 23.5. The third-order valence-corrected chi connectivity index (χ3v) is 9.21. The Morgan fingerprint density at radius 3 is 1.81 bits per heavy atom. The molecule has 4 heteroatoms. The largest absolute Gasteiger partial charge is 0.456 e. The first kappa shape index (κ1) is 27.4. The van der Waals surface area contributed by atoms with Gasteiger partial charge in [-0.3, -0.25) is 0 Å². The second-order valence-electron chi connectivity index (χ2n) is 12.0. The van der Waals surface area contributed by atoms with E-state index in [-0.39, 0.29) is 0 Å². The molecule has 2 aromatic heterocycles. The van der Waals surface area contributed by atoms with Crippen molar-refractivity contribution in [1.82, 2.24) is 4.57 Å². The number of nitrogens with zero attached hydrogens (tertiary/aromatic N) is 3. The molecule has 0 aliphatic rings. The highest BCUT2D eigenvalue weighted by Gasteiger charge is 2.16. The summed E-state index contributed by atoms with van der Waals surface area (Å²) >= 11 is 0. The molecule has 0 fully saturated rings. The minimum atomic E-state index is 0.635. The molecule has 48 heavy (non-hydrogen) atoms. The van der Waals surface area contributed by atoms with E-state index in [1.165, 1.54) is 0 Å². The van der Waals surface area contributed by atoms with E-state index in [9.17, 15) is 10.5 Å². The van der Waals surface area contributed by atoms with Gasteiger partial charge in [0.1, 0.15) is 11.2 Å². The van der Waals surface area contributed by atoms with Crippen LogP contribution in [-0.2, 0) is 0 Å². The van der Waals surface area contributed by atoms with Gasteiger partial charge in [0, 0.05) is 27.2 Å². The fraction of sp³-hybridized carbons (Fsp3) is 0. The first-order valence-corrected chi connectivity index (χ1v) is 15.8. The van der Waals surface area contributed by atoms with Gasteiger partial charge in [-0.15, -0.1) is 0 Å². The minimum absolute atomic E-state index is 0.635. The minimum Gasteiger partial charge on any atom is -0.456 e. The van der Waals surface area contributed by atoms with Gasteiger partial charge in [-0.05, 0) is 112 Å². The van der Waals surface area contributed by atoms with Gasteiger partial charge in [0.2, 0.25) is 0 Å². The fourth-order valence-corrected chi connectivity index (χ4v) is 6.95. The van der Waals surface area contributed by atoms with E-state index in [4.69, 9.17) is 4.42 Å². The van der Waals surface area contributed by atoms with Crippen molar-refractivity contribution in [3.8, 4) is 51.2 Å². The summed E-state index contributed by atoms with van der Waals surface area (Å²) in [7, 11) is 0. The van der Waals surface area contributed by atoms with Crippen molar-refractivity contribution in [2.45, 2.75) is 0 Å². The average molecular weight is 612 g/mol. The predicted molar refractivity (Wildman–Crippen MR) is 194 cm³/mol. The summed E-state index contributed by atoms with van der Waals surface area (Å²) in [6, 6.07) is 56.4. The highest BCUT2D eigenvalue weighted by Crippen LogP contribution is 2.39. The number of aromatic nitrogens is 1. The van der Waals surface area contributed by atoms with Crippen LogP contribution in [0.5, 0.6) is 0 Å². The lowest BCUT2D eigenvalue weighted by atomic mass is 9.94. The molecule has 0 spiro atoms. The number of furan rings is 1. The van der Waals surface area contributed by atoms with Crippen LogP contribution >= 0.6 is 0 Å². The summed E-state index contributed by atoms with van der Waals surface area (Å²) in [4.78, 5) is 0. The van der Waals surface area contributed by atoms with Crippen LogP contribution in [0, 0.1) is 22.7 Å². The first-order chi connectivity index (χ1) is 23.7. The lowest BCUT2D eigenvalue weighted by Gasteiger charge is -2.15. The zero-order valence-electron chi connectivity index (χ0n) is 25.7. The van der Waals surface area contributed by atoms with E-state index in [1.54, 1.807) is 0 Å². The Bertz CT molecular complexity index is 2820. The normalized spacial score (nSPS) is 11.3. The van der Waals surface area contributed by atoms with Crippen LogP contribution in [0.4, 0.5) is 0 Å². The van der Waals surface area contributed by atoms with Crippen LogP contribution in [0.25, 0.3) is 82.8 Å². The molecule has 0 atom stereocenters. The summed E-state index contributed by atoms with van der Waals surface area (Å²) < 4.78 is 8.46. The second-order valence-corrected chi connectivity index (χ2v) is 12.0. The molecule has 222 valence electrons. The van der Waals surface area contributed by atoms with Crippen molar-refractivity contribution in [3.63, 3.8) is 0 Å². The van der Waals surface area contributed by atoms with Crippen molar-refractivity contribution < 1.29 is 4.42 Å². The van der Waals surface area contributed by atoms with Gasteiger partial charge in [-0.1, -0.05) is 72.8 Å². The summed E-state index contributed by atoms with van der Waals surface area (Å²) in [6.45, 7) is 0. The summed E-state index contributed by atoms with van der Waals surface area (Å²) in [6.07, 6.45) is 0. The molecule has 0 aliphatic carbocycles. The molecule has 0 aliphatic heterocycles. The molecule has 2 heterocycles. The van der Waals surface area contributed by atoms with Gasteiger partial charge in [0.25, 0.3) is 0 Å². The van der Waals surface area contributed by atoms with Crippen LogP contribution in [0.3, 0.4) is 0 Å². The Hall–Kier alpha value is -6.88. The molecule has 4 nitrogen and oxygen atoms in total. The van der Waals surface area contributed by atoms with Gasteiger partial charge in [-0.25, -0.2) is 0 Å². The zero-order valence-corrected chi connectivity index (χ0v) is 25.7. The number of para-hydroxylation sites is 2. The molecule has 0 saturated heterocycles. The van der Waals surface area contributed by atoms with Crippen molar-refractivity contribution in [3.05, 3.63) is 163 Å². The van der Waals surface area contributed by atoms with E-state index < -0.39 is 0 Å². The molecule has 0 saturated carbocycles. The van der Waals surface area contributed by atoms with Crippen LogP contribution in [0.2, 0.25) is 0 Å². The van der Waals surface area contributed by atoms with Crippen molar-refractivity contribution in [1.29, 1.82) is 10.5 Å². The van der Waals surface area contributed by atoms with Crippen molar-refractivity contribution >= 4 is 43.7 Å². The van der Waals surface area contributed by atoms with Crippen LogP contribution < -0.4 is 0 Å². The third-order valence-electron chi connectivity index (χ3n) is 9.21. The Labute approximate surface area is 276 Å². The predicted octanol–water partition coefficient (Wildman–Crippen LogP) is 11.4. The highest BCUT2D eigenvalue weighted by molar-refractivity contribution is 6.10. The number of rotatable bonds is 4. The third kappa shape index (κ3) is 4.44. The molecule has 9 rings (SSSR count). The molecule has 0 bridgehead atoms. The molecule has 0 N–H and O–H groups in total. The number of nitriles is 2. The lowest BCUT2D eigenvalue weighted by Crippen LogP contribution is -1.96. The van der Waals surface area contributed by atoms with E-state index >= 15 is 0 Å². The molecule has 7 aromatic carbocycles. The van der Waals surface area contributed by atoms with Crippen molar-refractivity contribution in [2.24, 2.45) is 0 Å². The van der Waals surface area contributed by atoms with Crippen LogP contribution in [-0.4, -0.2) is 4.57 Å².